The molecule has 0 radical (unpaired) electrons. The molecule has 1 saturated heterocycles. The van der Waals surface area contributed by atoms with Crippen molar-refractivity contribution in [3.05, 3.63) is 41.4 Å². The first-order valence-corrected chi connectivity index (χ1v) is 8.28. The number of nitrogens with one attached hydrogen (secondary N) is 1. The van der Waals surface area contributed by atoms with Crippen LogP contribution in [0.5, 0.6) is 5.75 Å². The lowest BCUT2D eigenvalue weighted by molar-refractivity contribution is 0.0686. The number of ether oxygens (including phenoxy) is 1. The number of carbonyl (C=O) groups is 1. The average molecular weight is 317 g/mol. The number of benzene rings is 1. The molecule has 5 nitrogen and oxygen atoms in total. The number of hydrogen-bond donors (Lipinski definition) is 1. The van der Waals surface area contributed by atoms with Crippen molar-refractivity contribution in [1.82, 2.24) is 9.88 Å². The fourth-order valence-electron chi connectivity index (χ4n) is 2.62. The van der Waals surface area contributed by atoms with Crippen LogP contribution in [0, 0.1) is 0 Å². The van der Waals surface area contributed by atoms with Gasteiger partial charge in [0, 0.05) is 19.0 Å². The second-order valence-electron chi connectivity index (χ2n) is 5.21. The van der Waals surface area contributed by atoms with Crippen molar-refractivity contribution in [2.75, 3.05) is 25.5 Å². The number of anilines is 1. The van der Waals surface area contributed by atoms with Gasteiger partial charge in [-0.05, 0) is 25.0 Å². The minimum Gasteiger partial charge on any atom is -0.491 e. The molecule has 1 N–H and O–H groups in total. The van der Waals surface area contributed by atoms with Gasteiger partial charge in [0.2, 0.25) is 0 Å². The van der Waals surface area contributed by atoms with Crippen LogP contribution in [0.25, 0.3) is 0 Å². The Bertz CT molecular complexity index is 629. The summed E-state index contributed by atoms with van der Waals surface area (Å²) in [6.07, 6.45) is 1.99. The Labute approximate surface area is 133 Å². The summed E-state index contributed by atoms with van der Waals surface area (Å²) in [5.41, 5.74) is 0.515. The molecule has 0 unspecified atom stereocenters. The van der Waals surface area contributed by atoms with Crippen molar-refractivity contribution >= 4 is 22.4 Å². The van der Waals surface area contributed by atoms with E-state index in [-0.39, 0.29) is 11.9 Å². The van der Waals surface area contributed by atoms with Crippen molar-refractivity contribution in [2.45, 2.75) is 18.9 Å². The number of likely N-dealkylation sites (tertiary alicyclic amines) is 1. The highest BCUT2D eigenvalue weighted by molar-refractivity contribution is 7.13. The third-order valence-corrected chi connectivity index (χ3v) is 4.62. The fourth-order valence-corrected chi connectivity index (χ4v) is 3.27. The molecule has 6 heteroatoms. The molecule has 116 valence electrons. The first-order chi connectivity index (χ1) is 10.8. The minimum atomic E-state index is -0.00286. The second kappa shape index (κ2) is 6.79. The molecule has 2 aromatic rings. The number of nitrogens with zero attached hydrogens (tertiary/aromatic N) is 2. The quantitative estimate of drug-likeness (QED) is 0.921. The van der Waals surface area contributed by atoms with Crippen molar-refractivity contribution < 1.29 is 9.53 Å². The predicted molar refractivity (Wildman–Crippen MR) is 87.7 cm³/mol. The molecule has 1 aromatic heterocycles. The van der Waals surface area contributed by atoms with E-state index < -0.39 is 0 Å². The van der Waals surface area contributed by atoms with Crippen molar-refractivity contribution in [1.29, 1.82) is 0 Å². The van der Waals surface area contributed by atoms with Gasteiger partial charge in [-0.3, -0.25) is 4.79 Å². The van der Waals surface area contributed by atoms with Crippen LogP contribution in [0.4, 0.5) is 5.13 Å². The van der Waals surface area contributed by atoms with Gasteiger partial charge in [-0.1, -0.05) is 18.2 Å². The van der Waals surface area contributed by atoms with Gasteiger partial charge in [0.15, 0.2) is 5.13 Å². The lowest BCUT2D eigenvalue weighted by Crippen LogP contribution is -2.39. The molecule has 1 amide bonds. The molecule has 22 heavy (non-hydrogen) atoms. The first-order valence-electron chi connectivity index (χ1n) is 7.40. The van der Waals surface area contributed by atoms with Crippen LogP contribution in [0.2, 0.25) is 0 Å². The predicted octanol–water partition coefficient (Wildman–Crippen LogP) is 2.87. The van der Waals surface area contributed by atoms with E-state index in [1.165, 1.54) is 11.3 Å². The van der Waals surface area contributed by atoms with E-state index in [1.54, 1.807) is 7.05 Å². The molecule has 0 saturated carbocycles. The van der Waals surface area contributed by atoms with Crippen LogP contribution in [-0.2, 0) is 0 Å². The molecule has 2 heterocycles. The lowest BCUT2D eigenvalue weighted by Gasteiger charge is -2.24. The molecule has 3 rings (SSSR count). The van der Waals surface area contributed by atoms with E-state index in [1.807, 2.05) is 40.6 Å². The Kier molecular flexibility index (Phi) is 4.58. The van der Waals surface area contributed by atoms with E-state index in [2.05, 4.69) is 10.3 Å². The summed E-state index contributed by atoms with van der Waals surface area (Å²) in [6.45, 7) is 1.30. The number of carbonyl (C=O) groups excluding carboxylic acids is 1. The maximum Gasteiger partial charge on any atom is 0.273 e. The average Bonchev–Trinajstić information content (AvgIpc) is 3.22. The molecular formula is C16H19N3O2S. The summed E-state index contributed by atoms with van der Waals surface area (Å²) in [7, 11) is 1.81. The lowest BCUT2D eigenvalue weighted by atomic mass is 10.2. The molecular weight excluding hydrogens is 298 g/mol. The Morgan fingerprint density at radius 3 is 3.00 bits per heavy atom. The van der Waals surface area contributed by atoms with Gasteiger partial charge in [-0.2, -0.15) is 0 Å². The SMILES string of the molecule is CNc1nc(C(=O)N2CCC[C@H]2COc2ccccc2)cs1. The largest absolute Gasteiger partial charge is 0.491 e. The number of hydrogen-bond acceptors (Lipinski definition) is 5. The minimum absolute atomic E-state index is 0.00286. The monoisotopic (exact) mass is 317 g/mol. The Balaban J connectivity index is 1.63. The second-order valence-corrected chi connectivity index (χ2v) is 6.06. The van der Waals surface area contributed by atoms with Gasteiger partial charge in [-0.25, -0.2) is 4.98 Å². The number of thiazole rings is 1. The van der Waals surface area contributed by atoms with Crippen LogP contribution < -0.4 is 10.1 Å². The maximum absolute atomic E-state index is 12.6. The van der Waals surface area contributed by atoms with Gasteiger partial charge in [-0.15, -0.1) is 11.3 Å². The summed E-state index contributed by atoms with van der Waals surface area (Å²) in [4.78, 5) is 18.8. The normalized spacial score (nSPS) is 17.5. The fraction of sp³-hybridized carbons (Fsp3) is 0.375. The highest BCUT2D eigenvalue weighted by Crippen LogP contribution is 2.23. The van der Waals surface area contributed by atoms with E-state index in [0.29, 0.717) is 12.3 Å². The molecule has 1 atom stereocenters. The van der Waals surface area contributed by atoms with Gasteiger partial charge in [0.05, 0.1) is 6.04 Å². The molecule has 0 bridgehead atoms. The highest BCUT2D eigenvalue weighted by Gasteiger charge is 2.31. The van der Waals surface area contributed by atoms with Crippen LogP contribution in [0.1, 0.15) is 23.3 Å². The van der Waals surface area contributed by atoms with Gasteiger partial charge in [0.25, 0.3) is 5.91 Å². The van der Waals surface area contributed by atoms with Crippen molar-refractivity contribution in [3.8, 4) is 5.75 Å². The van der Waals surface area contributed by atoms with Crippen LogP contribution >= 0.6 is 11.3 Å². The Hall–Kier alpha value is -2.08. The molecule has 1 aliphatic rings. The van der Waals surface area contributed by atoms with Gasteiger partial charge in [0.1, 0.15) is 18.1 Å². The third-order valence-electron chi connectivity index (χ3n) is 3.76. The molecule has 1 aliphatic heterocycles. The number of amides is 1. The maximum atomic E-state index is 12.6. The zero-order valence-electron chi connectivity index (χ0n) is 12.5. The summed E-state index contributed by atoms with van der Waals surface area (Å²) in [5.74, 6) is 0.838. The van der Waals surface area contributed by atoms with Gasteiger partial charge < -0.3 is 15.0 Å². The topological polar surface area (TPSA) is 54.5 Å². The van der Waals surface area contributed by atoms with Crippen LogP contribution in [0.3, 0.4) is 0 Å². The van der Waals surface area contributed by atoms with E-state index in [4.69, 9.17) is 4.74 Å². The number of aromatic nitrogens is 1. The number of rotatable bonds is 5. The summed E-state index contributed by atoms with van der Waals surface area (Å²) in [6, 6.07) is 9.83. The smallest absolute Gasteiger partial charge is 0.273 e. The van der Waals surface area contributed by atoms with E-state index in [0.717, 1.165) is 30.3 Å². The van der Waals surface area contributed by atoms with Crippen LogP contribution in [-0.4, -0.2) is 42.0 Å². The zero-order chi connectivity index (χ0) is 15.4. The third kappa shape index (κ3) is 3.22. The summed E-state index contributed by atoms with van der Waals surface area (Å²) >= 11 is 1.45. The standard InChI is InChI=1S/C16H19N3O2S/c1-17-16-18-14(11-22-16)15(20)19-9-5-6-12(19)10-21-13-7-3-2-4-8-13/h2-4,7-8,11-12H,5-6,9-10H2,1H3,(H,17,18)/t12-/m0/s1. The first kappa shape index (κ1) is 14.8. The van der Waals surface area contributed by atoms with Crippen molar-refractivity contribution in [3.63, 3.8) is 0 Å². The van der Waals surface area contributed by atoms with Crippen LogP contribution in [0.15, 0.2) is 35.7 Å². The van der Waals surface area contributed by atoms with E-state index >= 15 is 0 Å². The summed E-state index contributed by atoms with van der Waals surface area (Å²) in [5, 5.41) is 5.53. The molecule has 0 spiro atoms. The van der Waals surface area contributed by atoms with E-state index in [9.17, 15) is 4.79 Å². The zero-order valence-corrected chi connectivity index (χ0v) is 13.3. The Morgan fingerprint density at radius 2 is 2.27 bits per heavy atom. The molecule has 0 aliphatic carbocycles. The highest BCUT2D eigenvalue weighted by atomic mass is 32.1. The molecule has 1 fully saturated rings. The Morgan fingerprint density at radius 1 is 1.45 bits per heavy atom. The number of para-hydroxylation sites is 1. The van der Waals surface area contributed by atoms with Gasteiger partial charge >= 0.3 is 0 Å². The summed E-state index contributed by atoms with van der Waals surface area (Å²) < 4.78 is 5.81. The molecule has 1 aromatic carbocycles. The van der Waals surface area contributed by atoms with Crippen molar-refractivity contribution in [2.24, 2.45) is 0 Å².